The van der Waals surface area contributed by atoms with Gasteiger partial charge in [0, 0.05) is 38.3 Å². The highest BCUT2D eigenvalue weighted by atomic mass is 16.5. The highest BCUT2D eigenvalue weighted by Gasteiger charge is 2.14. The Kier molecular flexibility index (Phi) is 8.88. The van der Waals surface area contributed by atoms with Gasteiger partial charge in [0.15, 0.2) is 11.5 Å². The number of nitrogens with zero attached hydrogens (tertiary/aromatic N) is 2. The summed E-state index contributed by atoms with van der Waals surface area (Å²) in [5.74, 6) is 1.81. The van der Waals surface area contributed by atoms with E-state index in [-0.39, 0.29) is 5.91 Å². The number of ether oxygens (including phenoxy) is 2. The van der Waals surface area contributed by atoms with E-state index >= 15 is 0 Å². The van der Waals surface area contributed by atoms with Crippen LogP contribution in [0.25, 0.3) is 0 Å². The lowest BCUT2D eigenvalue weighted by molar-refractivity contribution is 0.0949. The maximum atomic E-state index is 12.4. The molecule has 1 aromatic rings. The summed E-state index contributed by atoms with van der Waals surface area (Å²) in [6.07, 6.45) is 1.95. The Morgan fingerprint density at radius 1 is 1.19 bits per heavy atom. The number of carbonyl (C=O) groups is 1. The molecule has 152 valence electrons. The first kappa shape index (κ1) is 21.5. The van der Waals surface area contributed by atoms with Gasteiger partial charge in [-0.15, -0.1) is 0 Å². The van der Waals surface area contributed by atoms with Crippen molar-refractivity contribution in [3.8, 4) is 11.5 Å². The molecule has 6 heteroatoms. The summed E-state index contributed by atoms with van der Waals surface area (Å²) in [5.41, 5.74) is 0.600. The molecule has 1 aromatic carbocycles. The Labute approximate surface area is 163 Å². The maximum Gasteiger partial charge on any atom is 0.251 e. The van der Waals surface area contributed by atoms with Gasteiger partial charge >= 0.3 is 0 Å². The third kappa shape index (κ3) is 7.39. The van der Waals surface area contributed by atoms with E-state index < -0.39 is 0 Å². The molecule has 0 aromatic heterocycles. The van der Waals surface area contributed by atoms with E-state index in [4.69, 9.17) is 9.47 Å². The highest BCUT2D eigenvalue weighted by Crippen LogP contribution is 2.28. The number of piperazine rings is 1. The average molecular weight is 378 g/mol. The first-order chi connectivity index (χ1) is 13.0. The Morgan fingerprint density at radius 3 is 2.59 bits per heavy atom. The van der Waals surface area contributed by atoms with Crippen LogP contribution in [0.5, 0.6) is 11.5 Å². The summed E-state index contributed by atoms with van der Waals surface area (Å²) < 4.78 is 11.2. The summed E-state index contributed by atoms with van der Waals surface area (Å²) >= 11 is 0. The van der Waals surface area contributed by atoms with Gasteiger partial charge < -0.3 is 24.6 Å². The van der Waals surface area contributed by atoms with E-state index in [0.717, 1.165) is 45.6 Å². The number of rotatable bonds is 10. The molecule has 6 nitrogen and oxygen atoms in total. The van der Waals surface area contributed by atoms with Crippen LogP contribution in [0.2, 0.25) is 0 Å². The molecular formula is C21H35N3O3. The zero-order valence-electron chi connectivity index (χ0n) is 17.3. The Morgan fingerprint density at radius 2 is 1.93 bits per heavy atom. The molecule has 0 aliphatic carbocycles. The predicted molar refractivity (Wildman–Crippen MR) is 109 cm³/mol. The van der Waals surface area contributed by atoms with Crippen molar-refractivity contribution in [2.24, 2.45) is 5.92 Å². The SMILES string of the molecule is COc1cc(C(=O)NCCCN2CCN(C)CC2)ccc1OCCC(C)C. The topological polar surface area (TPSA) is 54.0 Å². The maximum absolute atomic E-state index is 12.4. The van der Waals surface area contributed by atoms with Crippen molar-refractivity contribution in [3.63, 3.8) is 0 Å². The van der Waals surface area contributed by atoms with Crippen molar-refractivity contribution in [3.05, 3.63) is 23.8 Å². The molecule has 27 heavy (non-hydrogen) atoms. The molecule has 0 saturated carbocycles. The Bertz CT molecular complexity index is 584. The van der Waals surface area contributed by atoms with Gasteiger partial charge in [-0.05, 0) is 50.6 Å². The Hall–Kier alpha value is -1.79. The molecule has 1 aliphatic heterocycles. The lowest BCUT2D eigenvalue weighted by Crippen LogP contribution is -2.45. The van der Waals surface area contributed by atoms with Gasteiger partial charge in [-0.25, -0.2) is 0 Å². The van der Waals surface area contributed by atoms with Crippen LogP contribution < -0.4 is 14.8 Å². The molecule has 1 aliphatic rings. The molecule has 0 unspecified atom stereocenters. The van der Waals surface area contributed by atoms with Crippen LogP contribution in [-0.2, 0) is 0 Å². The zero-order valence-corrected chi connectivity index (χ0v) is 17.3. The van der Waals surface area contributed by atoms with E-state index in [9.17, 15) is 4.79 Å². The average Bonchev–Trinajstić information content (AvgIpc) is 2.66. The smallest absolute Gasteiger partial charge is 0.251 e. The van der Waals surface area contributed by atoms with Gasteiger partial charge in [0.05, 0.1) is 13.7 Å². The van der Waals surface area contributed by atoms with E-state index in [2.05, 4.69) is 36.0 Å². The molecule has 1 saturated heterocycles. The van der Waals surface area contributed by atoms with E-state index in [1.54, 1.807) is 19.2 Å². The zero-order chi connectivity index (χ0) is 19.6. The highest BCUT2D eigenvalue weighted by molar-refractivity contribution is 5.94. The van der Waals surface area contributed by atoms with Gasteiger partial charge in [0.2, 0.25) is 0 Å². The van der Waals surface area contributed by atoms with Gasteiger partial charge in [-0.2, -0.15) is 0 Å². The minimum atomic E-state index is -0.0691. The van der Waals surface area contributed by atoms with Crippen LogP contribution in [0.3, 0.4) is 0 Å². The van der Waals surface area contributed by atoms with Crippen LogP contribution in [0.15, 0.2) is 18.2 Å². The second-order valence-electron chi connectivity index (χ2n) is 7.65. The van der Waals surface area contributed by atoms with E-state index in [1.807, 2.05) is 6.07 Å². The third-order valence-electron chi connectivity index (χ3n) is 4.91. The van der Waals surface area contributed by atoms with E-state index in [1.165, 1.54) is 0 Å². The first-order valence-electron chi connectivity index (χ1n) is 9.99. The fourth-order valence-electron chi connectivity index (χ4n) is 3.01. The van der Waals surface area contributed by atoms with Crippen LogP contribution in [-0.4, -0.2) is 75.7 Å². The lowest BCUT2D eigenvalue weighted by Gasteiger charge is -2.32. The predicted octanol–water partition coefficient (Wildman–Crippen LogP) is 2.49. The summed E-state index contributed by atoms with van der Waals surface area (Å²) in [7, 11) is 3.76. The van der Waals surface area contributed by atoms with Gasteiger partial charge in [0.25, 0.3) is 5.91 Å². The molecule has 0 bridgehead atoms. The quantitative estimate of drug-likeness (QED) is 0.635. The second-order valence-corrected chi connectivity index (χ2v) is 7.65. The molecule has 1 fully saturated rings. The van der Waals surface area contributed by atoms with Gasteiger partial charge in [-0.3, -0.25) is 4.79 Å². The number of methoxy groups -OCH3 is 1. The summed E-state index contributed by atoms with van der Waals surface area (Å²) in [6.45, 7) is 11.1. The van der Waals surface area contributed by atoms with Crippen molar-refractivity contribution in [2.75, 3.05) is 60.0 Å². The number of carbonyl (C=O) groups excluding carboxylic acids is 1. The number of benzene rings is 1. The lowest BCUT2D eigenvalue weighted by atomic mass is 10.1. The van der Waals surface area contributed by atoms with Crippen LogP contribution >= 0.6 is 0 Å². The second kappa shape index (κ2) is 11.1. The normalized spacial score (nSPS) is 15.7. The van der Waals surface area contributed by atoms with Crippen molar-refractivity contribution in [1.82, 2.24) is 15.1 Å². The fourth-order valence-corrected chi connectivity index (χ4v) is 3.01. The molecule has 0 atom stereocenters. The number of hydrogen-bond acceptors (Lipinski definition) is 5. The molecule has 2 rings (SSSR count). The minimum Gasteiger partial charge on any atom is -0.493 e. The van der Waals surface area contributed by atoms with Gasteiger partial charge in [-0.1, -0.05) is 13.8 Å². The van der Waals surface area contributed by atoms with E-state index in [0.29, 0.717) is 36.1 Å². The van der Waals surface area contributed by atoms with Crippen LogP contribution in [0.1, 0.15) is 37.0 Å². The largest absolute Gasteiger partial charge is 0.493 e. The molecule has 1 N–H and O–H groups in total. The summed E-state index contributed by atoms with van der Waals surface area (Å²) in [5, 5.41) is 3.00. The number of amides is 1. The van der Waals surface area contributed by atoms with Crippen molar-refractivity contribution in [2.45, 2.75) is 26.7 Å². The van der Waals surface area contributed by atoms with Crippen LogP contribution in [0, 0.1) is 5.92 Å². The number of likely N-dealkylation sites (N-methyl/N-ethyl adjacent to an activating group) is 1. The summed E-state index contributed by atoms with van der Waals surface area (Å²) in [4.78, 5) is 17.2. The number of hydrogen-bond donors (Lipinski definition) is 1. The molecule has 0 radical (unpaired) electrons. The summed E-state index contributed by atoms with van der Waals surface area (Å²) in [6, 6.07) is 5.36. The standard InChI is InChI=1S/C21H35N3O3/c1-17(2)8-15-27-19-7-6-18(16-20(19)26-4)21(25)22-9-5-10-24-13-11-23(3)12-14-24/h6-7,16-17H,5,8-15H2,1-4H3,(H,22,25). The molecule has 1 heterocycles. The Balaban J connectivity index is 1.76. The fraction of sp³-hybridized carbons (Fsp3) is 0.667. The molecular weight excluding hydrogens is 342 g/mol. The van der Waals surface area contributed by atoms with Crippen molar-refractivity contribution >= 4 is 5.91 Å². The monoisotopic (exact) mass is 377 g/mol. The van der Waals surface area contributed by atoms with Crippen LogP contribution in [0.4, 0.5) is 0 Å². The van der Waals surface area contributed by atoms with Gasteiger partial charge in [0.1, 0.15) is 0 Å². The molecule has 0 spiro atoms. The third-order valence-corrected chi connectivity index (χ3v) is 4.91. The number of nitrogens with one attached hydrogen (secondary N) is 1. The molecule has 1 amide bonds. The first-order valence-corrected chi connectivity index (χ1v) is 9.99. The van der Waals surface area contributed by atoms with Crippen molar-refractivity contribution < 1.29 is 14.3 Å². The van der Waals surface area contributed by atoms with Crippen molar-refractivity contribution in [1.29, 1.82) is 0 Å². The minimum absolute atomic E-state index is 0.0691.